The summed E-state index contributed by atoms with van der Waals surface area (Å²) in [5.74, 6) is 1.37. The van der Waals surface area contributed by atoms with Gasteiger partial charge in [-0.25, -0.2) is 19.9 Å². The predicted octanol–water partition coefficient (Wildman–Crippen LogP) is 1.96. The zero-order valence-corrected chi connectivity index (χ0v) is 15.2. The van der Waals surface area contributed by atoms with Crippen LogP contribution in [0.15, 0.2) is 36.0 Å². The average Bonchev–Trinajstić information content (AvgIpc) is 3.29. The number of thiazole rings is 1. The molecule has 3 aromatic heterocycles. The van der Waals surface area contributed by atoms with Crippen LogP contribution in [-0.4, -0.2) is 46.0 Å². The Morgan fingerprint density at radius 3 is 2.96 bits per heavy atom. The lowest BCUT2D eigenvalue weighted by Gasteiger charge is -2.11. The first kappa shape index (κ1) is 16.6. The molecule has 1 aliphatic rings. The molecule has 4 heterocycles. The highest BCUT2D eigenvalue weighted by molar-refractivity contribution is 7.13. The van der Waals surface area contributed by atoms with Crippen molar-refractivity contribution in [1.29, 1.82) is 0 Å². The number of rotatable bonds is 5. The summed E-state index contributed by atoms with van der Waals surface area (Å²) < 4.78 is 0. The molecule has 0 aliphatic carbocycles. The number of carbonyl (C=O) groups is 1. The maximum absolute atomic E-state index is 12.3. The number of aromatic nitrogens is 4. The van der Waals surface area contributed by atoms with Gasteiger partial charge in [0, 0.05) is 44.3 Å². The molecule has 1 amide bonds. The Hall–Kier alpha value is -2.87. The van der Waals surface area contributed by atoms with Gasteiger partial charge in [-0.3, -0.25) is 4.79 Å². The van der Waals surface area contributed by atoms with E-state index in [1.165, 1.54) is 16.9 Å². The van der Waals surface area contributed by atoms with Crippen LogP contribution >= 0.6 is 11.3 Å². The van der Waals surface area contributed by atoms with Crippen molar-refractivity contribution in [3.8, 4) is 10.8 Å². The fraction of sp³-hybridized carbons (Fsp3) is 0.278. The quantitative estimate of drug-likeness (QED) is 0.743. The third-order valence-electron chi connectivity index (χ3n) is 4.24. The topological polar surface area (TPSA) is 83.9 Å². The Balaban J connectivity index is 1.34. The van der Waals surface area contributed by atoms with Gasteiger partial charge in [0.15, 0.2) is 10.8 Å². The standard InChI is InChI=1S/C18H18N6OS/c1-24-10-6-12-3-4-14(23-16(12)24)17(25)21-9-5-13-11-26-18(22-13)15-19-7-2-8-20-15/h2-4,7-8,11H,5-6,9-10H2,1H3,(H,21,25). The Morgan fingerprint density at radius 2 is 2.12 bits per heavy atom. The van der Waals surface area contributed by atoms with Crippen LogP contribution in [0.3, 0.4) is 0 Å². The molecule has 0 fully saturated rings. The van der Waals surface area contributed by atoms with Crippen molar-refractivity contribution < 1.29 is 4.79 Å². The second-order valence-corrected chi connectivity index (χ2v) is 6.93. The number of hydrogen-bond donors (Lipinski definition) is 1. The van der Waals surface area contributed by atoms with E-state index in [0.717, 1.165) is 29.5 Å². The number of anilines is 1. The third-order valence-corrected chi connectivity index (χ3v) is 5.13. The first-order chi connectivity index (χ1) is 12.7. The molecule has 26 heavy (non-hydrogen) atoms. The highest BCUT2D eigenvalue weighted by Crippen LogP contribution is 2.24. The van der Waals surface area contributed by atoms with E-state index in [9.17, 15) is 4.79 Å². The first-order valence-electron chi connectivity index (χ1n) is 8.42. The molecule has 0 bridgehead atoms. The molecule has 0 spiro atoms. The van der Waals surface area contributed by atoms with Gasteiger partial charge in [-0.1, -0.05) is 6.07 Å². The van der Waals surface area contributed by atoms with E-state index in [0.29, 0.717) is 24.5 Å². The number of nitrogens with zero attached hydrogens (tertiary/aromatic N) is 5. The molecule has 0 aromatic carbocycles. The first-order valence-corrected chi connectivity index (χ1v) is 9.30. The largest absolute Gasteiger partial charge is 0.359 e. The number of hydrogen-bond acceptors (Lipinski definition) is 7. The molecule has 0 saturated carbocycles. The van der Waals surface area contributed by atoms with E-state index in [4.69, 9.17) is 0 Å². The van der Waals surface area contributed by atoms with Crippen LogP contribution in [-0.2, 0) is 12.8 Å². The van der Waals surface area contributed by atoms with Crippen molar-refractivity contribution >= 4 is 23.1 Å². The molecule has 1 N–H and O–H groups in total. The number of amides is 1. The van der Waals surface area contributed by atoms with E-state index < -0.39 is 0 Å². The normalized spacial score (nSPS) is 12.9. The van der Waals surface area contributed by atoms with Crippen molar-refractivity contribution in [2.24, 2.45) is 0 Å². The molecule has 1 aliphatic heterocycles. The summed E-state index contributed by atoms with van der Waals surface area (Å²) in [6.07, 6.45) is 5.04. The van der Waals surface area contributed by atoms with Crippen LogP contribution in [0.5, 0.6) is 0 Å². The predicted molar refractivity (Wildman–Crippen MR) is 100 cm³/mol. The average molecular weight is 366 g/mol. The molecule has 7 nitrogen and oxygen atoms in total. The number of likely N-dealkylation sites (N-methyl/N-ethyl adjacent to an activating group) is 1. The molecular weight excluding hydrogens is 348 g/mol. The summed E-state index contributed by atoms with van der Waals surface area (Å²) in [6.45, 7) is 1.46. The lowest BCUT2D eigenvalue weighted by molar-refractivity contribution is 0.0949. The second-order valence-electron chi connectivity index (χ2n) is 6.07. The Bertz CT molecular complexity index is 926. The minimum Gasteiger partial charge on any atom is -0.359 e. The highest BCUT2D eigenvalue weighted by atomic mass is 32.1. The van der Waals surface area contributed by atoms with E-state index in [2.05, 4.69) is 30.2 Å². The van der Waals surface area contributed by atoms with Gasteiger partial charge in [0.2, 0.25) is 0 Å². The van der Waals surface area contributed by atoms with Gasteiger partial charge in [0.25, 0.3) is 5.91 Å². The SMILES string of the molecule is CN1CCc2ccc(C(=O)NCCc3csc(-c4ncccn4)n3)nc21. The summed E-state index contributed by atoms with van der Waals surface area (Å²) >= 11 is 1.50. The number of carbonyl (C=O) groups excluding carboxylic acids is 1. The van der Waals surface area contributed by atoms with Crippen molar-refractivity contribution in [3.05, 3.63) is 52.9 Å². The summed E-state index contributed by atoms with van der Waals surface area (Å²) in [7, 11) is 2.00. The Kier molecular flexibility index (Phi) is 4.57. The molecule has 0 atom stereocenters. The minimum atomic E-state index is -0.157. The number of pyridine rings is 1. The number of nitrogens with one attached hydrogen (secondary N) is 1. The van der Waals surface area contributed by atoms with Crippen molar-refractivity contribution in [2.75, 3.05) is 25.0 Å². The zero-order chi connectivity index (χ0) is 17.9. The van der Waals surface area contributed by atoms with Crippen molar-refractivity contribution in [2.45, 2.75) is 12.8 Å². The molecule has 0 radical (unpaired) electrons. The maximum atomic E-state index is 12.3. The molecule has 8 heteroatoms. The Labute approximate surface area is 155 Å². The van der Waals surface area contributed by atoms with E-state index in [1.54, 1.807) is 24.5 Å². The van der Waals surface area contributed by atoms with Crippen LogP contribution in [0.4, 0.5) is 5.82 Å². The monoisotopic (exact) mass is 366 g/mol. The molecule has 132 valence electrons. The van der Waals surface area contributed by atoms with Crippen LogP contribution in [0.25, 0.3) is 10.8 Å². The molecular formula is C18H18N6OS. The van der Waals surface area contributed by atoms with Gasteiger partial charge in [-0.05, 0) is 24.1 Å². The summed E-state index contributed by atoms with van der Waals surface area (Å²) in [6, 6.07) is 5.56. The summed E-state index contributed by atoms with van der Waals surface area (Å²) in [5.41, 5.74) is 2.57. The van der Waals surface area contributed by atoms with E-state index in [1.807, 2.05) is 18.5 Å². The van der Waals surface area contributed by atoms with Gasteiger partial charge in [-0.15, -0.1) is 11.3 Å². The molecule has 3 aromatic rings. The van der Waals surface area contributed by atoms with Crippen LogP contribution in [0.1, 0.15) is 21.7 Å². The highest BCUT2D eigenvalue weighted by Gasteiger charge is 2.19. The third kappa shape index (κ3) is 3.41. The van der Waals surface area contributed by atoms with Gasteiger partial charge in [0.05, 0.1) is 5.69 Å². The van der Waals surface area contributed by atoms with E-state index in [-0.39, 0.29) is 5.91 Å². The summed E-state index contributed by atoms with van der Waals surface area (Å²) in [4.78, 5) is 31.8. The smallest absolute Gasteiger partial charge is 0.269 e. The number of fused-ring (bicyclic) bond motifs is 1. The Morgan fingerprint density at radius 1 is 1.27 bits per heavy atom. The van der Waals surface area contributed by atoms with Gasteiger partial charge >= 0.3 is 0 Å². The lowest BCUT2D eigenvalue weighted by atomic mass is 10.2. The molecule has 0 unspecified atom stereocenters. The summed E-state index contributed by atoms with van der Waals surface area (Å²) in [5, 5.41) is 5.68. The van der Waals surface area contributed by atoms with Gasteiger partial charge in [0.1, 0.15) is 11.5 Å². The van der Waals surface area contributed by atoms with Crippen LogP contribution < -0.4 is 10.2 Å². The van der Waals surface area contributed by atoms with Crippen molar-refractivity contribution in [1.82, 2.24) is 25.3 Å². The van der Waals surface area contributed by atoms with Crippen molar-refractivity contribution in [3.63, 3.8) is 0 Å². The zero-order valence-electron chi connectivity index (χ0n) is 14.3. The minimum absolute atomic E-state index is 0.157. The van der Waals surface area contributed by atoms with Gasteiger partial charge < -0.3 is 10.2 Å². The van der Waals surface area contributed by atoms with E-state index >= 15 is 0 Å². The van der Waals surface area contributed by atoms with Gasteiger partial charge in [-0.2, -0.15) is 0 Å². The fourth-order valence-corrected chi connectivity index (χ4v) is 3.65. The molecule has 4 rings (SSSR count). The lowest BCUT2D eigenvalue weighted by Crippen LogP contribution is -2.27. The van der Waals surface area contributed by atoms with Crippen LogP contribution in [0, 0.1) is 0 Å². The fourth-order valence-electron chi connectivity index (χ4n) is 2.85. The molecule has 0 saturated heterocycles. The maximum Gasteiger partial charge on any atom is 0.269 e. The van der Waals surface area contributed by atoms with Crippen LogP contribution in [0.2, 0.25) is 0 Å². The second kappa shape index (κ2) is 7.17.